The maximum Gasteiger partial charge on any atom is 0.260 e. The van der Waals surface area contributed by atoms with Gasteiger partial charge in [0, 0.05) is 25.0 Å². The third kappa shape index (κ3) is 3.94. The van der Waals surface area contributed by atoms with E-state index >= 15 is 0 Å². The van der Waals surface area contributed by atoms with Crippen LogP contribution in [0.3, 0.4) is 0 Å². The highest BCUT2D eigenvalue weighted by molar-refractivity contribution is 5.78. The quantitative estimate of drug-likeness (QED) is 0.907. The first-order chi connectivity index (χ1) is 12.1. The molecule has 0 saturated carbocycles. The molecule has 0 bridgehead atoms. The predicted molar refractivity (Wildman–Crippen MR) is 97.0 cm³/mol. The highest BCUT2D eigenvalue weighted by Crippen LogP contribution is 2.29. The Balaban J connectivity index is 1.61. The summed E-state index contributed by atoms with van der Waals surface area (Å²) in [4.78, 5) is 14.3. The lowest BCUT2D eigenvalue weighted by Gasteiger charge is -2.17. The second-order valence-corrected chi connectivity index (χ2v) is 6.42. The fourth-order valence-electron chi connectivity index (χ4n) is 3.21. The zero-order valence-electron chi connectivity index (χ0n) is 14.6. The van der Waals surface area contributed by atoms with Crippen LogP contribution in [0.5, 0.6) is 11.5 Å². The average Bonchev–Trinajstić information content (AvgIpc) is 3.03. The Morgan fingerprint density at radius 2 is 1.92 bits per heavy atom. The van der Waals surface area contributed by atoms with Crippen LogP contribution in [0.15, 0.2) is 48.5 Å². The van der Waals surface area contributed by atoms with Gasteiger partial charge in [-0.2, -0.15) is 0 Å². The van der Waals surface area contributed by atoms with Gasteiger partial charge in [-0.05, 0) is 30.2 Å². The van der Waals surface area contributed by atoms with E-state index < -0.39 is 0 Å². The molecule has 2 N–H and O–H groups in total. The Labute approximate surface area is 148 Å². The fourth-order valence-corrected chi connectivity index (χ4v) is 3.21. The standard InChI is InChI=1S/C20H24N2O3/c1-14-8-9-18(19(10-14)24-2)25-13-20(23)22-11-16(17(21)12-22)15-6-4-3-5-7-15/h3-10,16-17H,11-13,21H2,1-2H3/t16-,17+/m0/s1. The molecule has 2 aromatic carbocycles. The van der Waals surface area contributed by atoms with Crippen LogP contribution in [0, 0.1) is 6.92 Å². The monoisotopic (exact) mass is 340 g/mol. The van der Waals surface area contributed by atoms with Gasteiger partial charge in [0.05, 0.1) is 7.11 Å². The Morgan fingerprint density at radius 1 is 1.16 bits per heavy atom. The van der Waals surface area contributed by atoms with Gasteiger partial charge in [0.25, 0.3) is 5.91 Å². The minimum Gasteiger partial charge on any atom is -0.493 e. The van der Waals surface area contributed by atoms with Gasteiger partial charge in [0.1, 0.15) is 0 Å². The van der Waals surface area contributed by atoms with E-state index in [0.29, 0.717) is 24.6 Å². The molecular formula is C20H24N2O3. The van der Waals surface area contributed by atoms with Gasteiger partial charge in [-0.1, -0.05) is 36.4 Å². The van der Waals surface area contributed by atoms with Crippen molar-refractivity contribution in [3.63, 3.8) is 0 Å². The summed E-state index contributed by atoms with van der Waals surface area (Å²) in [6.45, 7) is 3.13. The van der Waals surface area contributed by atoms with Crippen LogP contribution in [-0.4, -0.2) is 43.7 Å². The summed E-state index contributed by atoms with van der Waals surface area (Å²) in [6.07, 6.45) is 0. The summed E-state index contributed by atoms with van der Waals surface area (Å²) in [5.41, 5.74) is 8.50. The molecule has 3 rings (SSSR count). The average molecular weight is 340 g/mol. The Bertz CT molecular complexity index is 733. The van der Waals surface area contributed by atoms with Crippen molar-refractivity contribution in [1.29, 1.82) is 0 Å². The molecule has 2 aromatic rings. The number of hydrogen-bond donors (Lipinski definition) is 1. The minimum atomic E-state index is -0.0588. The van der Waals surface area contributed by atoms with Gasteiger partial charge >= 0.3 is 0 Å². The summed E-state index contributed by atoms with van der Waals surface area (Å²) < 4.78 is 11.0. The Hall–Kier alpha value is -2.53. The largest absolute Gasteiger partial charge is 0.493 e. The molecule has 0 unspecified atom stereocenters. The predicted octanol–water partition coefficient (Wildman–Crippen LogP) is 2.34. The van der Waals surface area contributed by atoms with Gasteiger partial charge in [-0.15, -0.1) is 0 Å². The van der Waals surface area contributed by atoms with Crippen LogP contribution in [0.2, 0.25) is 0 Å². The van der Waals surface area contributed by atoms with Crippen molar-refractivity contribution in [2.75, 3.05) is 26.8 Å². The number of benzene rings is 2. The van der Waals surface area contributed by atoms with E-state index in [9.17, 15) is 4.79 Å². The molecule has 1 fully saturated rings. The lowest BCUT2D eigenvalue weighted by molar-refractivity contribution is -0.132. The molecule has 2 atom stereocenters. The number of carbonyl (C=O) groups excluding carboxylic acids is 1. The molecule has 25 heavy (non-hydrogen) atoms. The number of ether oxygens (including phenoxy) is 2. The Morgan fingerprint density at radius 3 is 2.64 bits per heavy atom. The highest BCUT2D eigenvalue weighted by Gasteiger charge is 2.33. The molecule has 0 aliphatic carbocycles. The molecule has 5 heteroatoms. The zero-order valence-corrected chi connectivity index (χ0v) is 14.6. The van der Waals surface area contributed by atoms with Crippen molar-refractivity contribution in [3.8, 4) is 11.5 Å². The summed E-state index contributed by atoms with van der Waals surface area (Å²) in [7, 11) is 1.59. The smallest absolute Gasteiger partial charge is 0.260 e. The van der Waals surface area contributed by atoms with E-state index in [1.54, 1.807) is 12.0 Å². The van der Waals surface area contributed by atoms with Crippen molar-refractivity contribution < 1.29 is 14.3 Å². The van der Waals surface area contributed by atoms with Crippen molar-refractivity contribution in [2.24, 2.45) is 5.73 Å². The van der Waals surface area contributed by atoms with Gasteiger partial charge in [-0.3, -0.25) is 4.79 Å². The molecule has 1 aliphatic rings. The van der Waals surface area contributed by atoms with Crippen LogP contribution in [-0.2, 0) is 4.79 Å². The van der Waals surface area contributed by atoms with Crippen LogP contribution in [0.1, 0.15) is 17.0 Å². The fraction of sp³-hybridized carbons (Fsp3) is 0.350. The van der Waals surface area contributed by atoms with E-state index in [4.69, 9.17) is 15.2 Å². The van der Waals surface area contributed by atoms with E-state index in [1.807, 2.05) is 43.3 Å². The molecule has 1 heterocycles. The number of nitrogens with zero attached hydrogens (tertiary/aromatic N) is 1. The summed E-state index contributed by atoms with van der Waals surface area (Å²) >= 11 is 0. The van der Waals surface area contributed by atoms with Crippen molar-refractivity contribution in [3.05, 3.63) is 59.7 Å². The molecule has 0 radical (unpaired) electrons. The Kier molecular flexibility index (Phi) is 5.24. The SMILES string of the molecule is COc1cc(C)ccc1OCC(=O)N1C[C@@H](N)[C@H](c2ccccc2)C1. The first-order valence-electron chi connectivity index (χ1n) is 8.44. The molecular weight excluding hydrogens is 316 g/mol. The maximum absolute atomic E-state index is 12.5. The van der Waals surface area contributed by atoms with Gasteiger partial charge < -0.3 is 20.1 Å². The third-order valence-corrected chi connectivity index (χ3v) is 4.62. The molecule has 132 valence electrons. The van der Waals surface area contributed by atoms with Gasteiger partial charge in [0.2, 0.25) is 0 Å². The lowest BCUT2D eigenvalue weighted by Crippen LogP contribution is -2.35. The van der Waals surface area contributed by atoms with Crippen LogP contribution >= 0.6 is 0 Å². The number of methoxy groups -OCH3 is 1. The van der Waals surface area contributed by atoms with E-state index in [0.717, 1.165) is 5.56 Å². The number of nitrogens with two attached hydrogens (primary N) is 1. The normalized spacial score (nSPS) is 19.7. The molecule has 1 saturated heterocycles. The molecule has 0 aromatic heterocycles. The van der Waals surface area contributed by atoms with Crippen molar-refractivity contribution >= 4 is 5.91 Å². The van der Waals surface area contributed by atoms with E-state index in [-0.39, 0.29) is 24.5 Å². The summed E-state index contributed by atoms with van der Waals surface area (Å²) in [6, 6.07) is 15.7. The lowest BCUT2D eigenvalue weighted by atomic mass is 9.95. The van der Waals surface area contributed by atoms with Crippen LogP contribution in [0.4, 0.5) is 0 Å². The van der Waals surface area contributed by atoms with Crippen LogP contribution in [0.25, 0.3) is 0 Å². The first-order valence-corrected chi connectivity index (χ1v) is 8.44. The minimum absolute atomic E-state index is 0.0202. The van der Waals surface area contributed by atoms with E-state index in [2.05, 4.69) is 12.1 Å². The molecule has 0 spiro atoms. The van der Waals surface area contributed by atoms with Crippen molar-refractivity contribution in [1.82, 2.24) is 4.90 Å². The third-order valence-electron chi connectivity index (χ3n) is 4.62. The number of amides is 1. The molecule has 1 aliphatic heterocycles. The van der Waals surface area contributed by atoms with Crippen LogP contribution < -0.4 is 15.2 Å². The summed E-state index contributed by atoms with van der Waals surface area (Å²) in [5, 5.41) is 0. The number of rotatable bonds is 5. The van der Waals surface area contributed by atoms with Gasteiger partial charge in [-0.25, -0.2) is 0 Å². The van der Waals surface area contributed by atoms with Gasteiger partial charge in [0.15, 0.2) is 18.1 Å². The maximum atomic E-state index is 12.5. The highest BCUT2D eigenvalue weighted by atomic mass is 16.5. The topological polar surface area (TPSA) is 64.8 Å². The molecule has 1 amide bonds. The van der Waals surface area contributed by atoms with E-state index in [1.165, 1.54) is 5.56 Å². The molecule has 5 nitrogen and oxygen atoms in total. The zero-order chi connectivity index (χ0) is 17.8. The number of likely N-dealkylation sites (tertiary alicyclic amines) is 1. The number of aryl methyl sites for hydroxylation is 1. The number of carbonyl (C=O) groups is 1. The second kappa shape index (κ2) is 7.57. The second-order valence-electron chi connectivity index (χ2n) is 6.42. The van der Waals surface area contributed by atoms with Crippen molar-refractivity contribution in [2.45, 2.75) is 18.9 Å². The summed E-state index contributed by atoms with van der Waals surface area (Å²) in [5.74, 6) is 1.31. The first kappa shape index (κ1) is 17.3. The number of hydrogen-bond acceptors (Lipinski definition) is 4.